The smallest absolute Gasteiger partial charge is 0.164 e. The molecule has 5 rings (SSSR count). The van der Waals surface area contributed by atoms with Crippen molar-refractivity contribution >= 4 is 17.2 Å². The average Bonchev–Trinajstić information content (AvgIpc) is 3.25. The van der Waals surface area contributed by atoms with E-state index in [2.05, 4.69) is 75.7 Å². The van der Waals surface area contributed by atoms with Gasteiger partial charge in [-0.15, -0.1) is 0 Å². The van der Waals surface area contributed by atoms with Crippen molar-refractivity contribution in [1.29, 1.82) is 0 Å². The normalized spacial score (nSPS) is 25.7. The maximum Gasteiger partial charge on any atom is 0.164 e. The lowest BCUT2D eigenvalue weighted by Crippen LogP contribution is -2.51. The zero-order chi connectivity index (χ0) is 22.5. The van der Waals surface area contributed by atoms with Crippen LogP contribution in [0.25, 0.3) is 0 Å². The van der Waals surface area contributed by atoms with E-state index in [4.69, 9.17) is 0 Å². The number of benzene rings is 1. The third-order valence-electron chi connectivity index (χ3n) is 6.99. The molecule has 0 saturated carbocycles. The second kappa shape index (κ2) is 7.36. The van der Waals surface area contributed by atoms with Crippen molar-refractivity contribution in [1.82, 2.24) is 15.5 Å². The van der Waals surface area contributed by atoms with E-state index < -0.39 is 5.41 Å². The first-order valence-electron chi connectivity index (χ1n) is 11.1. The second-order valence-electron chi connectivity index (χ2n) is 9.63. The zero-order valence-corrected chi connectivity index (χ0v) is 19.0. The molecular formula is C25H28N6O. The quantitative estimate of drug-likeness (QED) is 0.755. The Kier molecular flexibility index (Phi) is 4.73. The Labute approximate surface area is 188 Å². The van der Waals surface area contributed by atoms with E-state index in [-0.39, 0.29) is 17.4 Å². The molecule has 3 heterocycles. The van der Waals surface area contributed by atoms with Gasteiger partial charge in [0.25, 0.3) is 0 Å². The van der Waals surface area contributed by atoms with E-state index in [1.54, 1.807) is 12.4 Å². The number of Topliss-reactive ketones (excluding diaryl/α,β-unsaturated/α-hetero) is 1. The number of ketones is 1. The fourth-order valence-electron chi connectivity index (χ4n) is 5.50. The molecule has 0 amide bonds. The Morgan fingerprint density at radius 3 is 2.75 bits per heavy atom. The van der Waals surface area contributed by atoms with E-state index in [1.807, 2.05) is 19.3 Å². The molecule has 0 bridgehead atoms. The number of anilines is 2. The standard InChI is InChI=1S/C25H28N6O/c1-5-25(16-7-6-8-17(11-16)31(4)18-9-10-26-27-14-18)19-15-28-30-23(19)29-20-12-24(2,3)13-21(32)22(20)25/h6-11,14-15,23,29H,5,12-13H2,1-4H3/t23?,25-/m1/s1. The number of allylic oxidation sites excluding steroid dienone is 2. The summed E-state index contributed by atoms with van der Waals surface area (Å²) in [6.07, 6.45) is 7.19. The summed E-state index contributed by atoms with van der Waals surface area (Å²) in [7, 11) is 2.01. The maximum absolute atomic E-state index is 13.6. The van der Waals surface area contributed by atoms with Crippen LogP contribution in [0.1, 0.15) is 45.6 Å². The molecule has 32 heavy (non-hydrogen) atoms. The SMILES string of the molecule is CC[C@@]1(c2cccc(N(C)c3ccnnc3)c2)C2=CN=NC2NC2=C1C(=O)CC(C)(C)C2. The molecule has 1 N–H and O–H groups in total. The molecule has 2 aromatic rings. The molecule has 0 saturated heterocycles. The summed E-state index contributed by atoms with van der Waals surface area (Å²) >= 11 is 0. The lowest BCUT2D eigenvalue weighted by molar-refractivity contribution is -0.119. The van der Waals surface area contributed by atoms with Crippen LogP contribution in [0.3, 0.4) is 0 Å². The second-order valence-corrected chi connectivity index (χ2v) is 9.63. The summed E-state index contributed by atoms with van der Waals surface area (Å²) < 4.78 is 0. The topological polar surface area (TPSA) is 82.8 Å². The third-order valence-corrected chi connectivity index (χ3v) is 6.99. The third kappa shape index (κ3) is 3.06. The van der Waals surface area contributed by atoms with Crippen LogP contribution in [-0.4, -0.2) is 29.2 Å². The van der Waals surface area contributed by atoms with Crippen molar-refractivity contribution in [2.75, 3.05) is 11.9 Å². The summed E-state index contributed by atoms with van der Waals surface area (Å²) in [6.45, 7) is 6.47. The predicted octanol–water partition coefficient (Wildman–Crippen LogP) is 4.81. The van der Waals surface area contributed by atoms with Gasteiger partial charge in [0.2, 0.25) is 0 Å². The Bertz CT molecular complexity index is 1170. The van der Waals surface area contributed by atoms with Crippen molar-refractivity contribution in [2.24, 2.45) is 15.6 Å². The number of hydrogen-bond acceptors (Lipinski definition) is 7. The Morgan fingerprint density at radius 2 is 2.00 bits per heavy atom. The first-order chi connectivity index (χ1) is 15.4. The highest BCUT2D eigenvalue weighted by Gasteiger charge is 2.53. The number of rotatable bonds is 4. The number of hydrogen-bond donors (Lipinski definition) is 1. The molecule has 0 spiro atoms. The van der Waals surface area contributed by atoms with Crippen LogP contribution in [0.2, 0.25) is 0 Å². The Morgan fingerprint density at radius 1 is 1.16 bits per heavy atom. The van der Waals surface area contributed by atoms with Gasteiger partial charge in [0, 0.05) is 36.0 Å². The van der Waals surface area contributed by atoms with Gasteiger partial charge in [-0.3, -0.25) is 4.79 Å². The monoisotopic (exact) mass is 428 g/mol. The van der Waals surface area contributed by atoms with Gasteiger partial charge >= 0.3 is 0 Å². The zero-order valence-electron chi connectivity index (χ0n) is 19.0. The number of nitrogens with zero attached hydrogens (tertiary/aromatic N) is 5. The van der Waals surface area contributed by atoms with Gasteiger partial charge in [0.05, 0.1) is 29.7 Å². The molecule has 1 aliphatic carbocycles. The lowest BCUT2D eigenvalue weighted by atomic mass is 9.59. The minimum absolute atomic E-state index is 0.0736. The molecule has 2 aliphatic heterocycles. The largest absolute Gasteiger partial charge is 0.362 e. The van der Waals surface area contributed by atoms with Gasteiger partial charge in [0.15, 0.2) is 11.9 Å². The first-order valence-corrected chi connectivity index (χ1v) is 11.1. The molecule has 164 valence electrons. The predicted molar refractivity (Wildman–Crippen MR) is 123 cm³/mol. The Balaban J connectivity index is 1.68. The molecular weight excluding hydrogens is 400 g/mol. The Hall–Kier alpha value is -3.35. The molecule has 2 atom stereocenters. The van der Waals surface area contributed by atoms with E-state index in [0.717, 1.165) is 46.6 Å². The van der Waals surface area contributed by atoms with Crippen LogP contribution in [0.15, 0.2) is 76.0 Å². The number of carbonyl (C=O) groups excluding carboxylic acids is 1. The number of aromatic nitrogens is 2. The van der Waals surface area contributed by atoms with E-state index in [0.29, 0.717) is 6.42 Å². The number of nitrogens with one attached hydrogen (secondary N) is 1. The molecule has 3 aliphatic rings. The summed E-state index contributed by atoms with van der Waals surface area (Å²) in [6, 6.07) is 10.4. The van der Waals surface area contributed by atoms with E-state index in [1.165, 1.54) is 0 Å². The maximum atomic E-state index is 13.6. The lowest BCUT2D eigenvalue weighted by Gasteiger charge is -2.48. The summed E-state index contributed by atoms with van der Waals surface area (Å²) in [4.78, 5) is 15.7. The molecule has 7 heteroatoms. The summed E-state index contributed by atoms with van der Waals surface area (Å²) in [5.41, 5.74) is 5.41. The highest BCUT2D eigenvalue weighted by molar-refractivity contribution is 6.01. The van der Waals surface area contributed by atoms with Gasteiger partial charge in [-0.05, 0) is 42.0 Å². The summed E-state index contributed by atoms with van der Waals surface area (Å²) in [5, 5.41) is 20.1. The van der Waals surface area contributed by atoms with Crippen LogP contribution < -0.4 is 10.2 Å². The number of azo groups is 1. The van der Waals surface area contributed by atoms with Gasteiger partial charge in [-0.25, -0.2) is 0 Å². The van der Waals surface area contributed by atoms with Crippen LogP contribution in [0.5, 0.6) is 0 Å². The fraction of sp³-hybridized carbons (Fsp3) is 0.400. The molecule has 1 aromatic heterocycles. The highest BCUT2D eigenvalue weighted by Crippen LogP contribution is 2.54. The van der Waals surface area contributed by atoms with E-state index in [9.17, 15) is 4.79 Å². The highest BCUT2D eigenvalue weighted by atomic mass is 16.1. The fourth-order valence-corrected chi connectivity index (χ4v) is 5.50. The minimum atomic E-state index is -0.546. The van der Waals surface area contributed by atoms with Crippen LogP contribution >= 0.6 is 0 Å². The van der Waals surface area contributed by atoms with Crippen LogP contribution in [0, 0.1) is 5.41 Å². The van der Waals surface area contributed by atoms with Crippen molar-refractivity contribution in [3.8, 4) is 0 Å². The van der Waals surface area contributed by atoms with Crippen LogP contribution in [0.4, 0.5) is 11.4 Å². The van der Waals surface area contributed by atoms with Crippen molar-refractivity contribution in [3.63, 3.8) is 0 Å². The molecule has 1 aromatic carbocycles. The van der Waals surface area contributed by atoms with Gasteiger partial charge in [0.1, 0.15) is 0 Å². The average molecular weight is 429 g/mol. The van der Waals surface area contributed by atoms with Gasteiger partial charge in [-0.1, -0.05) is 32.9 Å². The van der Waals surface area contributed by atoms with Crippen molar-refractivity contribution < 1.29 is 4.79 Å². The number of carbonyl (C=O) groups is 1. The minimum Gasteiger partial charge on any atom is -0.362 e. The molecule has 1 unspecified atom stereocenters. The molecule has 0 fully saturated rings. The molecule has 0 radical (unpaired) electrons. The van der Waals surface area contributed by atoms with Gasteiger partial charge in [-0.2, -0.15) is 20.4 Å². The van der Waals surface area contributed by atoms with E-state index >= 15 is 0 Å². The molecule has 7 nitrogen and oxygen atoms in total. The summed E-state index contributed by atoms with van der Waals surface area (Å²) in [5.74, 6) is 0.217. The van der Waals surface area contributed by atoms with Crippen molar-refractivity contribution in [3.05, 3.63) is 71.3 Å². The number of fused-ring (bicyclic) bond motifs is 1. The van der Waals surface area contributed by atoms with Crippen LogP contribution in [-0.2, 0) is 10.2 Å². The van der Waals surface area contributed by atoms with Crippen molar-refractivity contribution in [2.45, 2.75) is 51.6 Å². The van der Waals surface area contributed by atoms with Gasteiger partial charge < -0.3 is 10.2 Å². The first kappa shape index (κ1) is 20.5.